The molecule has 0 radical (unpaired) electrons. The van der Waals surface area contributed by atoms with E-state index in [9.17, 15) is 0 Å². The third-order valence-electron chi connectivity index (χ3n) is 4.52. The Morgan fingerprint density at radius 3 is 2.65 bits per heavy atom. The highest BCUT2D eigenvalue weighted by molar-refractivity contribution is 8.00. The zero-order valence-corrected chi connectivity index (χ0v) is 13.3. The molecule has 0 atom stereocenters. The molecule has 5 nitrogen and oxygen atoms in total. The van der Waals surface area contributed by atoms with Crippen molar-refractivity contribution in [2.24, 2.45) is 0 Å². The monoisotopic (exact) mass is 293 g/mol. The SMILES string of the molecule is CCn1nc(C)c2nc(N)n(CC3(SC)CCCC3)c21. The van der Waals surface area contributed by atoms with Crippen molar-refractivity contribution in [3.8, 4) is 0 Å². The normalized spacial score (nSPS) is 18.1. The average Bonchev–Trinajstić information content (AvgIpc) is 3.10. The largest absolute Gasteiger partial charge is 0.369 e. The maximum Gasteiger partial charge on any atom is 0.202 e. The number of nitrogens with two attached hydrogens (primary N) is 1. The molecule has 110 valence electrons. The van der Waals surface area contributed by atoms with E-state index in [-0.39, 0.29) is 0 Å². The van der Waals surface area contributed by atoms with Gasteiger partial charge in [0.15, 0.2) is 5.65 Å². The third-order valence-corrected chi connectivity index (χ3v) is 5.93. The number of rotatable bonds is 4. The van der Waals surface area contributed by atoms with Gasteiger partial charge in [0.05, 0.1) is 5.69 Å². The first-order chi connectivity index (χ1) is 9.60. The van der Waals surface area contributed by atoms with Crippen molar-refractivity contribution in [1.29, 1.82) is 0 Å². The number of aromatic nitrogens is 4. The number of fused-ring (bicyclic) bond motifs is 1. The molecule has 2 N–H and O–H groups in total. The summed E-state index contributed by atoms with van der Waals surface area (Å²) in [6, 6.07) is 0. The van der Waals surface area contributed by atoms with Crippen molar-refractivity contribution in [3.63, 3.8) is 0 Å². The number of anilines is 1. The van der Waals surface area contributed by atoms with Gasteiger partial charge in [0.1, 0.15) is 5.52 Å². The van der Waals surface area contributed by atoms with Gasteiger partial charge in [-0.3, -0.25) is 4.57 Å². The van der Waals surface area contributed by atoms with Gasteiger partial charge >= 0.3 is 0 Å². The molecule has 2 heterocycles. The summed E-state index contributed by atoms with van der Waals surface area (Å²) in [4.78, 5) is 4.54. The highest BCUT2D eigenvalue weighted by Crippen LogP contribution is 2.42. The quantitative estimate of drug-likeness (QED) is 0.941. The molecule has 0 spiro atoms. The lowest BCUT2D eigenvalue weighted by atomic mass is 10.1. The summed E-state index contributed by atoms with van der Waals surface area (Å²) in [6.45, 7) is 5.91. The summed E-state index contributed by atoms with van der Waals surface area (Å²) < 4.78 is 4.52. The van der Waals surface area contributed by atoms with E-state index in [1.165, 1.54) is 25.7 Å². The van der Waals surface area contributed by atoms with Crippen molar-refractivity contribution in [3.05, 3.63) is 5.69 Å². The second kappa shape index (κ2) is 4.98. The Kier molecular flexibility index (Phi) is 3.44. The number of imidazole rings is 1. The van der Waals surface area contributed by atoms with E-state index in [0.29, 0.717) is 10.7 Å². The van der Waals surface area contributed by atoms with Crippen molar-refractivity contribution >= 4 is 28.9 Å². The number of nitrogens with zero attached hydrogens (tertiary/aromatic N) is 4. The fourth-order valence-corrected chi connectivity index (χ4v) is 4.31. The van der Waals surface area contributed by atoms with Crippen LogP contribution in [0.25, 0.3) is 11.2 Å². The molecule has 0 bridgehead atoms. The molecular formula is C14H23N5S. The van der Waals surface area contributed by atoms with Crippen LogP contribution in [0.1, 0.15) is 38.3 Å². The standard InChI is InChI=1S/C14H23N5S/c1-4-19-12-11(10(2)17-19)16-13(15)18(12)9-14(20-3)7-5-6-8-14/h4-9H2,1-3H3,(H2,15,16). The molecule has 1 fully saturated rings. The molecule has 20 heavy (non-hydrogen) atoms. The lowest BCUT2D eigenvalue weighted by molar-refractivity contribution is 0.507. The van der Waals surface area contributed by atoms with Gasteiger partial charge in [0.2, 0.25) is 5.95 Å². The Labute approximate surface area is 123 Å². The topological polar surface area (TPSA) is 61.7 Å². The van der Waals surface area contributed by atoms with Crippen molar-refractivity contribution in [2.75, 3.05) is 12.0 Å². The van der Waals surface area contributed by atoms with Gasteiger partial charge in [-0.2, -0.15) is 16.9 Å². The molecule has 1 aliphatic carbocycles. The summed E-state index contributed by atoms with van der Waals surface area (Å²) in [6.07, 6.45) is 7.41. The summed E-state index contributed by atoms with van der Waals surface area (Å²) in [5.41, 5.74) is 9.20. The Balaban J connectivity index is 2.08. The molecule has 0 unspecified atom stereocenters. The second-order valence-electron chi connectivity index (χ2n) is 5.72. The Bertz CT molecular complexity index is 621. The lowest BCUT2D eigenvalue weighted by Gasteiger charge is -2.27. The fraction of sp³-hybridized carbons (Fsp3) is 0.714. The van der Waals surface area contributed by atoms with Gasteiger partial charge in [-0.25, -0.2) is 9.67 Å². The molecule has 1 aliphatic rings. The molecule has 1 saturated carbocycles. The average molecular weight is 293 g/mol. The minimum atomic E-state index is 0.318. The van der Waals surface area contributed by atoms with Crippen LogP contribution in [0.15, 0.2) is 0 Å². The van der Waals surface area contributed by atoms with Gasteiger partial charge in [-0.15, -0.1) is 0 Å². The Morgan fingerprint density at radius 2 is 2.05 bits per heavy atom. The maximum atomic E-state index is 6.18. The Hall–Kier alpha value is -1.17. The molecule has 0 aliphatic heterocycles. The van der Waals surface area contributed by atoms with Crippen LogP contribution in [0.5, 0.6) is 0 Å². The van der Waals surface area contributed by atoms with Crippen LogP contribution in [0, 0.1) is 6.92 Å². The second-order valence-corrected chi connectivity index (χ2v) is 7.00. The van der Waals surface area contributed by atoms with E-state index < -0.39 is 0 Å². The molecule has 0 amide bonds. The predicted octanol–water partition coefficient (Wildman–Crippen LogP) is 2.82. The first kappa shape index (κ1) is 13.8. The van der Waals surface area contributed by atoms with Gasteiger partial charge in [-0.1, -0.05) is 12.8 Å². The van der Waals surface area contributed by atoms with E-state index in [0.717, 1.165) is 29.9 Å². The number of aryl methyl sites for hydroxylation is 2. The van der Waals surface area contributed by atoms with Crippen molar-refractivity contribution < 1.29 is 0 Å². The number of hydrogen-bond acceptors (Lipinski definition) is 4. The summed E-state index contributed by atoms with van der Waals surface area (Å²) >= 11 is 1.98. The van der Waals surface area contributed by atoms with Gasteiger partial charge in [-0.05, 0) is 32.9 Å². The molecular weight excluding hydrogens is 270 g/mol. The van der Waals surface area contributed by atoms with Crippen LogP contribution in [-0.2, 0) is 13.1 Å². The lowest BCUT2D eigenvalue weighted by Crippen LogP contribution is -2.28. The number of nitrogen functional groups attached to an aromatic ring is 1. The molecule has 2 aromatic heterocycles. The van der Waals surface area contributed by atoms with E-state index in [1.807, 2.05) is 23.4 Å². The van der Waals surface area contributed by atoms with E-state index in [4.69, 9.17) is 5.73 Å². The summed E-state index contributed by atoms with van der Waals surface area (Å²) in [5, 5.41) is 4.56. The van der Waals surface area contributed by atoms with Crippen molar-refractivity contribution in [2.45, 2.75) is 57.4 Å². The molecule has 0 aromatic carbocycles. The van der Waals surface area contributed by atoms with Gasteiger partial charge in [0, 0.05) is 17.8 Å². The first-order valence-electron chi connectivity index (χ1n) is 7.34. The predicted molar refractivity (Wildman–Crippen MR) is 85.1 cm³/mol. The van der Waals surface area contributed by atoms with E-state index in [2.05, 4.69) is 27.8 Å². The van der Waals surface area contributed by atoms with Gasteiger partial charge in [0.25, 0.3) is 0 Å². The van der Waals surface area contributed by atoms with Crippen LogP contribution >= 0.6 is 11.8 Å². The van der Waals surface area contributed by atoms with Gasteiger partial charge < -0.3 is 5.73 Å². The van der Waals surface area contributed by atoms with Crippen LogP contribution in [-0.4, -0.2) is 30.3 Å². The highest BCUT2D eigenvalue weighted by atomic mass is 32.2. The van der Waals surface area contributed by atoms with Crippen LogP contribution in [0.3, 0.4) is 0 Å². The molecule has 6 heteroatoms. The zero-order chi connectivity index (χ0) is 14.3. The molecule has 2 aromatic rings. The third kappa shape index (κ3) is 2.01. The summed E-state index contributed by atoms with van der Waals surface area (Å²) in [7, 11) is 0. The number of thioether (sulfide) groups is 1. The zero-order valence-electron chi connectivity index (χ0n) is 12.5. The van der Waals surface area contributed by atoms with E-state index >= 15 is 0 Å². The molecule has 3 rings (SSSR count). The minimum Gasteiger partial charge on any atom is -0.369 e. The van der Waals surface area contributed by atoms with E-state index in [1.54, 1.807) is 0 Å². The van der Waals surface area contributed by atoms with Crippen molar-refractivity contribution in [1.82, 2.24) is 19.3 Å². The maximum absolute atomic E-state index is 6.18. The smallest absolute Gasteiger partial charge is 0.202 e. The van der Waals surface area contributed by atoms with Crippen LogP contribution < -0.4 is 5.73 Å². The molecule has 0 saturated heterocycles. The summed E-state index contributed by atoms with van der Waals surface area (Å²) in [5.74, 6) is 0.628. The van der Waals surface area contributed by atoms with Crippen LogP contribution in [0.2, 0.25) is 0 Å². The van der Waals surface area contributed by atoms with Crippen LogP contribution in [0.4, 0.5) is 5.95 Å². The number of hydrogen-bond donors (Lipinski definition) is 1. The minimum absolute atomic E-state index is 0.318. The first-order valence-corrected chi connectivity index (χ1v) is 8.57. The Morgan fingerprint density at radius 1 is 1.35 bits per heavy atom. The highest BCUT2D eigenvalue weighted by Gasteiger charge is 2.35. The fourth-order valence-electron chi connectivity index (χ4n) is 3.35.